The molecule has 0 atom stereocenters. The Bertz CT molecular complexity index is 461. The number of nitrogen functional groups attached to an aromatic ring is 1. The summed E-state index contributed by atoms with van der Waals surface area (Å²) >= 11 is 0. The van der Waals surface area contributed by atoms with Gasteiger partial charge in [0.2, 0.25) is 0 Å². The van der Waals surface area contributed by atoms with Gasteiger partial charge in [-0.3, -0.25) is 4.99 Å². The van der Waals surface area contributed by atoms with Crippen molar-refractivity contribution in [2.75, 3.05) is 5.73 Å². The maximum atomic E-state index is 5.65. The first-order valence-corrected chi connectivity index (χ1v) is 4.79. The van der Waals surface area contributed by atoms with E-state index < -0.39 is 0 Å². The van der Waals surface area contributed by atoms with E-state index in [9.17, 15) is 0 Å². The second kappa shape index (κ2) is 4.42. The number of anilines is 1. The second-order valence-electron chi connectivity index (χ2n) is 3.26. The summed E-state index contributed by atoms with van der Waals surface area (Å²) in [5.74, 6) is 0. The Hall–Kier alpha value is -2.09. The van der Waals surface area contributed by atoms with Gasteiger partial charge in [-0.15, -0.1) is 0 Å². The molecule has 74 valence electrons. The third-order valence-corrected chi connectivity index (χ3v) is 2.03. The Morgan fingerprint density at radius 3 is 2.47 bits per heavy atom. The van der Waals surface area contributed by atoms with Crippen LogP contribution >= 0.6 is 0 Å². The summed E-state index contributed by atoms with van der Waals surface area (Å²) in [6.45, 7) is 0. The number of hydrogen-bond acceptors (Lipinski definition) is 2. The molecule has 0 unspecified atom stereocenters. The number of benzene rings is 2. The third kappa shape index (κ3) is 2.68. The first-order valence-electron chi connectivity index (χ1n) is 4.79. The van der Waals surface area contributed by atoms with E-state index in [2.05, 4.69) is 4.99 Å². The molecule has 0 bridgehead atoms. The van der Waals surface area contributed by atoms with Gasteiger partial charge in [-0.1, -0.05) is 36.4 Å². The minimum atomic E-state index is 0.734. The number of hydrogen-bond donors (Lipinski definition) is 1. The fraction of sp³-hybridized carbons (Fsp3) is 0. The van der Waals surface area contributed by atoms with Gasteiger partial charge >= 0.3 is 0 Å². The Kier molecular flexibility index (Phi) is 2.79. The molecule has 2 heteroatoms. The van der Waals surface area contributed by atoms with Crippen LogP contribution < -0.4 is 5.73 Å². The second-order valence-corrected chi connectivity index (χ2v) is 3.26. The quantitative estimate of drug-likeness (QED) is 0.582. The molecule has 0 saturated heterocycles. The lowest BCUT2D eigenvalue weighted by atomic mass is 10.2. The maximum absolute atomic E-state index is 5.65. The zero-order valence-electron chi connectivity index (χ0n) is 8.30. The summed E-state index contributed by atoms with van der Waals surface area (Å²) < 4.78 is 0. The van der Waals surface area contributed by atoms with Gasteiger partial charge < -0.3 is 5.73 Å². The molecule has 0 fully saturated rings. The van der Waals surface area contributed by atoms with Crippen LogP contribution in [0.1, 0.15) is 5.56 Å². The van der Waals surface area contributed by atoms with E-state index in [1.807, 2.05) is 60.8 Å². The first-order chi connectivity index (χ1) is 7.34. The van der Waals surface area contributed by atoms with Gasteiger partial charge in [0.15, 0.2) is 0 Å². The summed E-state index contributed by atoms with van der Waals surface area (Å²) in [6, 6.07) is 17.5. The van der Waals surface area contributed by atoms with E-state index in [0.717, 1.165) is 16.9 Å². The van der Waals surface area contributed by atoms with Crippen LogP contribution in [0.15, 0.2) is 59.6 Å². The normalized spacial score (nSPS) is 10.7. The predicted octanol–water partition coefficient (Wildman–Crippen LogP) is 3.02. The number of aliphatic imine (C=N–C) groups is 1. The van der Waals surface area contributed by atoms with Crippen molar-refractivity contribution in [2.45, 2.75) is 0 Å². The van der Waals surface area contributed by atoms with Crippen molar-refractivity contribution >= 4 is 17.6 Å². The lowest BCUT2D eigenvalue weighted by Crippen LogP contribution is -1.82. The van der Waals surface area contributed by atoms with Crippen LogP contribution in [0, 0.1) is 0 Å². The number of nitrogens with two attached hydrogens (primary N) is 1. The highest BCUT2D eigenvalue weighted by Gasteiger charge is 1.89. The molecule has 2 N–H and O–H groups in total. The molecule has 0 aliphatic heterocycles. The lowest BCUT2D eigenvalue weighted by molar-refractivity contribution is 1.52. The molecule has 0 aromatic heterocycles. The Morgan fingerprint density at radius 1 is 0.933 bits per heavy atom. The molecular weight excluding hydrogens is 184 g/mol. The summed E-state index contributed by atoms with van der Waals surface area (Å²) in [5, 5.41) is 0. The SMILES string of the molecule is Nc1cccc(N=Cc2ccccc2)c1. The van der Waals surface area contributed by atoms with Crippen LogP contribution in [-0.2, 0) is 0 Å². The fourth-order valence-corrected chi connectivity index (χ4v) is 1.29. The Labute approximate surface area is 89.1 Å². The smallest absolute Gasteiger partial charge is 0.0650 e. The van der Waals surface area contributed by atoms with Crippen molar-refractivity contribution in [3.05, 3.63) is 60.2 Å². The molecule has 0 spiro atoms. The molecule has 0 amide bonds. The van der Waals surface area contributed by atoms with Crippen LogP contribution in [0.5, 0.6) is 0 Å². The van der Waals surface area contributed by atoms with Crippen LogP contribution in [0.25, 0.3) is 0 Å². The average Bonchev–Trinajstić information content (AvgIpc) is 2.28. The van der Waals surface area contributed by atoms with Gasteiger partial charge in [-0.25, -0.2) is 0 Å². The Morgan fingerprint density at radius 2 is 1.73 bits per heavy atom. The summed E-state index contributed by atoms with van der Waals surface area (Å²) in [7, 11) is 0. The summed E-state index contributed by atoms with van der Waals surface area (Å²) in [5.41, 5.74) is 8.34. The van der Waals surface area contributed by atoms with Crippen LogP contribution in [-0.4, -0.2) is 6.21 Å². The van der Waals surface area contributed by atoms with Gasteiger partial charge in [0.1, 0.15) is 0 Å². The van der Waals surface area contributed by atoms with Crippen LogP contribution in [0.3, 0.4) is 0 Å². The van der Waals surface area contributed by atoms with Crippen molar-refractivity contribution in [3.8, 4) is 0 Å². The third-order valence-electron chi connectivity index (χ3n) is 2.03. The molecule has 2 aromatic carbocycles. The highest BCUT2D eigenvalue weighted by atomic mass is 14.7. The van der Waals surface area contributed by atoms with Gasteiger partial charge in [-0.05, 0) is 23.8 Å². The molecular formula is C13H12N2. The monoisotopic (exact) mass is 196 g/mol. The Balaban J connectivity index is 2.19. The van der Waals surface area contributed by atoms with E-state index in [-0.39, 0.29) is 0 Å². The largest absolute Gasteiger partial charge is 0.399 e. The molecule has 0 aliphatic rings. The van der Waals surface area contributed by atoms with Crippen molar-refractivity contribution < 1.29 is 0 Å². The fourth-order valence-electron chi connectivity index (χ4n) is 1.29. The first kappa shape index (κ1) is 9.46. The van der Waals surface area contributed by atoms with Crippen LogP contribution in [0.4, 0.5) is 11.4 Å². The van der Waals surface area contributed by atoms with E-state index in [1.54, 1.807) is 0 Å². The van der Waals surface area contributed by atoms with Gasteiger partial charge in [0.25, 0.3) is 0 Å². The maximum Gasteiger partial charge on any atom is 0.0650 e. The molecule has 0 heterocycles. The highest BCUT2D eigenvalue weighted by molar-refractivity contribution is 5.82. The number of nitrogens with zero attached hydrogens (tertiary/aromatic N) is 1. The number of rotatable bonds is 2. The summed E-state index contributed by atoms with van der Waals surface area (Å²) in [4.78, 5) is 4.33. The van der Waals surface area contributed by atoms with E-state index >= 15 is 0 Å². The van der Waals surface area contributed by atoms with Gasteiger partial charge in [-0.2, -0.15) is 0 Å². The highest BCUT2D eigenvalue weighted by Crippen LogP contribution is 2.14. The average molecular weight is 196 g/mol. The summed E-state index contributed by atoms with van der Waals surface area (Å²) in [6.07, 6.45) is 1.83. The lowest BCUT2D eigenvalue weighted by Gasteiger charge is -1.95. The van der Waals surface area contributed by atoms with Crippen molar-refractivity contribution in [3.63, 3.8) is 0 Å². The minimum Gasteiger partial charge on any atom is -0.399 e. The van der Waals surface area contributed by atoms with Crippen molar-refractivity contribution in [2.24, 2.45) is 4.99 Å². The van der Waals surface area contributed by atoms with Crippen molar-refractivity contribution in [1.82, 2.24) is 0 Å². The molecule has 2 nitrogen and oxygen atoms in total. The van der Waals surface area contributed by atoms with Crippen LogP contribution in [0.2, 0.25) is 0 Å². The molecule has 15 heavy (non-hydrogen) atoms. The van der Waals surface area contributed by atoms with Gasteiger partial charge in [0, 0.05) is 11.9 Å². The molecule has 2 rings (SSSR count). The minimum absolute atomic E-state index is 0.734. The van der Waals surface area contributed by atoms with E-state index in [0.29, 0.717) is 0 Å². The predicted molar refractivity (Wildman–Crippen MR) is 64.6 cm³/mol. The zero-order chi connectivity index (χ0) is 10.5. The molecule has 0 radical (unpaired) electrons. The van der Waals surface area contributed by atoms with Gasteiger partial charge in [0.05, 0.1) is 5.69 Å². The van der Waals surface area contributed by atoms with E-state index in [4.69, 9.17) is 5.73 Å². The zero-order valence-corrected chi connectivity index (χ0v) is 8.30. The molecule has 0 aliphatic carbocycles. The van der Waals surface area contributed by atoms with Crippen molar-refractivity contribution in [1.29, 1.82) is 0 Å². The topological polar surface area (TPSA) is 38.4 Å². The molecule has 2 aromatic rings. The molecule has 0 saturated carbocycles. The standard InChI is InChI=1S/C13H12N2/c14-12-7-4-8-13(9-12)15-10-11-5-2-1-3-6-11/h1-10H,14H2. The van der Waals surface area contributed by atoms with E-state index in [1.165, 1.54) is 0 Å².